The van der Waals surface area contributed by atoms with Crippen molar-refractivity contribution in [3.05, 3.63) is 0 Å². The van der Waals surface area contributed by atoms with Crippen LogP contribution in [0.15, 0.2) is 0 Å². The standard InChI is InChI=1S/C13H24N2O4/c1-4-8(3)11(13(17)18)15-12(16)9-6-19-7-10(9)14-5-2/h8-11,14H,4-7H2,1-3H3,(H,15,16)(H,17,18)/t8?,9?,10?,11-/m0/s1. The Hall–Kier alpha value is -1.14. The van der Waals surface area contributed by atoms with E-state index in [1.165, 1.54) is 0 Å². The molecule has 4 atom stereocenters. The number of amides is 1. The molecule has 110 valence electrons. The normalized spacial score (nSPS) is 25.8. The lowest BCUT2D eigenvalue weighted by atomic mass is 9.97. The maximum absolute atomic E-state index is 12.2. The number of carboxylic acids is 1. The van der Waals surface area contributed by atoms with Crippen molar-refractivity contribution >= 4 is 11.9 Å². The summed E-state index contributed by atoms with van der Waals surface area (Å²) in [7, 11) is 0. The van der Waals surface area contributed by atoms with Gasteiger partial charge < -0.3 is 20.5 Å². The molecule has 0 aromatic rings. The molecule has 0 aliphatic carbocycles. The summed E-state index contributed by atoms with van der Waals surface area (Å²) < 4.78 is 5.30. The molecule has 1 aliphatic heterocycles. The van der Waals surface area contributed by atoms with Gasteiger partial charge in [0.15, 0.2) is 0 Å². The zero-order valence-electron chi connectivity index (χ0n) is 11.8. The Labute approximate surface area is 113 Å². The smallest absolute Gasteiger partial charge is 0.326 e. The zero-order chi connectivity index (χ0) is 14.4. The fourth-order valence-electron chi connectivity index (χ4n) is 2.22. The monoisotopic (exact) mass is 272 g/mol. The number of rotatable bonds is 7. The van der Waals surface area contributed by atoms with Crippen LogP contribution in [0.3, 0.4) is 0 Å². The molecule has 1 aliphatic rings. The van der Waals surface area contributed by atoms with Crippen molar-refractivity contribution in [2.24, 2.45) is 11.8 Å². The van der Waals surface area contributed by atoms with Gasteiger partial charge in [-0.05, 0) is 12.5 Å². The lowest BCUT2D eigenvalue weighted by Gasteiger charge is -2.24. The molecule has 0 radical (unpaired) electrons. The summed E-state index contributed by atoms with van der Waals surface area (Å²) >= 11 is 0. The SMILES string of the molecule is CCNC1COCC1C(=O)N[C@H](C(=O)O)C(C)CC. The highest BCUT2D eigenvalue weighted by molar-refractivity contribution is 5.85. The van der Waals surface area contributed by atoms with Crippen molar-refractivity contribution in [1.29, 1.82) is 0 Å². The van der Waals surface area contributed by atoms with Gasteiger partial charge in [-0.15, -0.1) is 0 Å². The molecule has 0 aromatic carbocycles. The second kappa shape index (κ2) is 7.45. The first kappa shape index (κ1) is 15.9. The lowest BCUT2D eigenvalue weighted by molar-refractivity contribution is -0.144. The summed E-state index contributed by atoms with van der Waals surface area (Å²) in [6.07, 6.45) is 0.703. The van der Waals surface area contributed by atoms with E-state index in [2.05, 4.69) is 10.6 Å². The minimum atomic E-state index is -0.985. The van der Waals surface area contributed by atoms with Gasteiger partial charge in [0.25, 0.3) is 0 Å². The zero-order valence-corrected chi connectivity index (χ0v) is 11.8. The second-order valence-corrected chi connectivity index (χ2v) is 5.02. The predicted octanol–water partition coefficient (Wildman–Crippen LogP) is 0.226. The molecule has 0 bridgehead atoms. The van der Waals surface area contributed by atoms with Crippen molar-refractivity contribution in [2.75, 3.05) is 19.8 Å². The molecular formula is C13H24N2O4. The fourth-order valence-corrected chi connectivity index (χ4v) is 2.22. The quantitative estimate of drug-likeness (QED) is 0.617. The first-order chi connectivity index (χ1) is 9.01. The van der Waals surface area contributed by atoms with Crippen LogP contribution in [0.25, 0.3) is 0 Å². The van der Waals surface area contributed by atoms with Gasteiger partial charge in [0.1, 0.15) is 6.04 Å². The number of carboxylic acid groups (broad SMARTS) is 1. The molecule has 6 heteroatoms. The number of aliphatic carboxylic acids is 1. The van der Waals surface area contributed by atoms with Crippen molar-refractivity contribution in [3.8, 4) is 0 Å². The third kappa shape index (κ3) is 4.18. The molecule has 3 N–H and O–H groups in total. The minimum absolute atomic E-state index is 0.0311. The fraction of sp³-hybridized carbons (Fsp3) is 0.846. The highest BCUT2D eigenvalue weighted by atomic mass is 16.5. The van der Waals surface area contributed by atoms with Crippen LogP contribution in [0.2, 0.25) is 0 Å². The van der Waals surface area contributed by atoms with E-state index in [9.17, 15) is 14.7 Å². The van der Waals surface area contributed by atoms with E-state index < -0.39 is 12.0 Å². The van der Waals surface area contributed by atoms with Gasteiger partial charge in [-0.25, -0.2) is 4.79 Å². The van der Waals surface area contributed by atoms with Crippen LogP contribution in [-0.4, -0.2) is 48.8 Å². The van der Waals surface area contributed by atoms with E-state index in [1.807, 2.05) is 20.8 Å². The van der Waals surface area contributed by atoms with E-state index in [4.69, 9.17) is 4.74 Å². The van der Waals surface area contributed by atoms with Gasteiger partial charge in [0.05, 0.1) is 19.1 Å². The third-order valence-electron chi connectivity index (χ3n) is 3.66. The maximum Gasteiger partial charge on any atom is 0.326 e. The van der Waals surface area contributed by atoms with E-state index in [0.29, 0.717) is 19.6 Å². The second-order valence-electron chi connectivity index (χ2n) is 5.02. The number of ether oxygens (including phenoxy) is 1. The molecule has 0 aromatic heterocycles. The Morgan fingerprint density at radius 1 is 1.37 bits per heavy atom. The van der Waals surface area contributed by atoms with Crippen LogP contribution >= 0.6 is 0 Å². The first-order valence-electron chi connectivity index (χ1n) is 6.85. The summed E-state index contributed by atoms with van der Waals surface area (Å²) in [5, 5.41) is 15.0. The molecular weight excluding hydrogens is 248 g/mol. The predicted molar refractivity (Wildman–Crippen MR) is 70.8 cm³/mol. The average Bonchev–Trinajstić information content (AvgIpc) is 2.83. The van der Waals surface area contributed by atoms with Gasteiger partial charge in [-0.3, -0.25) is 4.79 Å². The van der Waals surface area contributed by atoms with Gasteiger partial charge in [0.2, 0.25) is 5.91 Å². The molecule has 0 spiro atoms. The first-order valence-corrected chi connectivity index (χ1v) is 6.85. The lowest BCUT2D eigenvalue weighted by Crippen LogP contribution is -2.51. The average molecular weight is 272 g/mol. The van der Waals surface area contributed by atoms with Crippen molar-refractivity contribution in [2.45, 2.75) is 39.3 Å². The third-order valence-corrected chi connectivity index (χ3v) is 3.66. The highest BCUT2D eigenvalue weighted by Crippen LogP contribution is 2.16. The van der Waals surface area contributed by atoms with Crippen LogP contribution in [0, 0.1) is 11.8 Å². The van der Waals surface area contributed by atoms with E-state index >= 15 is 0 Å². The molecule has 0 saturated carbocycles. The summed E-state index contributed by atoms with van der Waals surface area (Å²) in [6, 6.07) is -0.864. The molecule has 1 rings (SSSR count). The van der Waals surface area contributed by atoms with Crippen LogP contribution < -0.4 is 10.6 Å². The number of carbonyl (C=O) groups excluding carboxylic acids is 1. The van der Waals surface area contributed by atoms with Crippen molar-refractivity contribution in [3.63, 3.8) is 0 Å². The molecule has 19 heavy (non-hydrogen) atoms. The Balaban J connectivity index is 2.63. The Kier molecular flexibility index (Phi) is 6.24. The molecule has 1 fully saturated rings. The van der Waals surface area contributed by atoms with E-state index in [1.54, 1.807) is 0 Å². The van der Waals surface area contributed by atoms with Crippen molar-refractivity contribution < 1.29 is 19.4 Å². The molecule has 3 unspecified atom stereocenters. The number of hydrogen-bond donors (Lipinski definition) is 3. The van der Waals surface area contributed by atoms with Crippen LogP contribution in [0.4, 0.5) is 0 Å². The molecule has 6 nitrogen and oxygen atoms in total. The largest absolute Gasteiger partial charge is 0.480 e. The molecule has 1 saturated heterocycles. The molecule has 1 amide bonds. The van der Waals surface area contributed by atoms with Crippen molar-refractivity contribution in [1.82, 2.24) is 10.6 Å². The molecule has 1 heterocycles. The summed E-state index contributed by atoms with van der Waals surface area (Å²) in [6.45, 7) is 7.29. The number of carbonyl (C=O) groups is 2. The highest BCUT2D eigenvalue weighted by Gasteiger charge is 2.36. The summed E-state index contributed by atoms with van der Waals surface area (Å²) in [5.41, 5.74) is 0. The maximum atomic E-state index is 12.2. The van der Waals surface area contributed by atoms with Crippen LogP contribution in [0.5, 0.6) is 0 Å². The van der Waals surface area contributed by atoms with Gasteiger partial charge in [-0.1, -0.05) is 27.2 Å². The van der Waals surface area contributed by atoms with E-state index in [-0.39, 0.29) is 23.8 Å². The number of likely N-dealkylation sites (N-methyl/N-ethyl adjacent to an activating group) is 1. The van der Waals surface area contributed by atoms with Gasteiger partial charge in [-0.2, -0.15) is 0 Å². The van der Waals surface area contributed by atoms with Crippen LogP contribution in [0.1, 0.15) is 27.2 Å². The Morgan fingerprint density at radius 3 is 2.58 bits per heavy atom. The summed E-state index contributed by atoms with van der Waals surface area (Å²) in [4.78, 5) is 23.4. The number of nitrogens with one attached hydrogen (secondary N) is 2. The van der Waals surface area contributed by atoms with Crippen LogP contribution in [-0.2, 0) is 14.3 Å². The summed E-state index contributed by atoms with van der Waals surface area (Å²) in [5.74, 6) is -1.63. The Bertz CT molecular complexity index is 322. The van der Waals surface area contributed by atoms with E-state index in [0.717, 1.165) is 6.54 Å². The Morgan fingerprint density at radius 2 is 2.05 bits per heavy atom. The minimum Gasteiger partial charge on any atom is -0.480 e. The van der Waals surface area contributed by atoms with Gasteiger partial charge in [0, 0.05) is 6.04 Å². The van der Waals surface area contributed by atoms with Gasteiger partial charge >= 0.3 is 5.97 Å². The topological polar surface area (TPSA) is 87.7 Å². The number of hydrogen-bond acceptors (Lipinski definition) is 4.